The molecule has 0 bridgehead atoms. The Labute approximate surface area is 167 Å². The maximum atomic E-state index is 12.7. The summed E-state index contributed by atoms with van der Waals surface area (Å²) in [6.45, 7) is 7.31. The Bertz CT molecular complexity index is 1130. The van der Waals surface area contributed by atoms with E-state index in [2.05, 4.69) is 34.1 Å². The van der Waals surface area contributed by atoms with Gasteiger partial charge < -0.3 is 14.8 Å². The monoisotopic (exact) mass is 402 g/mol. The van der Waals surface area contributed by atoms with Gasteiger partial charge in [0.05, 0.1) is 24.8 Å². The summed E-state index contributed by atoms with van der Waals surface area (Å²) in [5.41, 5.74) is -0.0711. The molecule has 0 unspecified atom stereocenters. The van der Waals surface area contributed by atoms with Gasteiger partial charge in [-0.15, -0.1) is 0 Å². The number of aromatic nitrogens is 6. The summed E-state index contributed by atoms with van der Waals surface area (Å²) < 4.78 is 5.45. The van der Waals surface area contributed by atoms with Crippen LogP contribution in [0.15, 0.2) is 28.3 Å². The fourth-order valence-electron chi connectivity index (χ4n) is 3.21. The Morgan fingerprint density at radius 2 is 1.93 bits per heavy atom. The van der Waals surface area contributed by atoms with E-state index in [4.69, 9.17) is 0 Å². The van der Waals surface area contributed by atoms with E-state index >= 15 is 0 Å². The second-order valence-electron chi connectivity index (χ2n) is 6.83. The predicted molar refractivity (Wildman–Crippen MR) is 109 cm³/mol. The number of hydrogen-bond acceptors (Lipinski definition) is 6. The van der Waals surface area contributed by atoms with Gasteiger partial charge in [0.25, 0.3) is 5.56 Å². The van der Waals surface area contributed by atoms with Gasteiger partial charge in [-0.2, -0.15) is 5.10 Å². The maximum Gasteiger partial charge on any atom is 0.332 e. The molecule has 0 aliphatic carbocycles. The predicted octanol–water partition coefficient (Wildman–Crippen LogP) is -0.389. The van der Waals surface area contributed by atoms with Gasteiger partial charge in [0.15, 0.2) is 11.2 Å². The third kappa shape index (κ3) is 4.14. The molecule has 0 atom stereocenters. The number of likely N-dealkylation sites (N-methyl/N-ethyl adjacent to an activating group) is 1. The van der Waals surface area contributed by atoms with Crippen LogP contribution in [0.5, 0.6) is 0 Å². The van der Waals surface area contributed by atoms with Crippen LogP contribution in [0, 0.1) is 0 Å². The molecule has 0 fully saturated rings. The summed E-state index contributed by atoms with van der Waals surface area (Å²) in [4.78, 5) is 43.9. The van der Waals surface area contributed by atoms with Crippen LogP contribution >= 0.6 is 0 Å². The highest BCUT2D eigenvalue weighted by Gasteiger charge is 2.17. The van der Waals surface area contributed by atoms with Crippen molar-refractivity contribution in [2.24, 2.45) is 14.1 Å². The zero-order valence-electron chi connectivity index (χ0n) is 17.1. The molecule has 0 aliphatic rings. The number of aryl methyl sites for hydroxylation is 2. The number of imidazole rings is 1. The van der Waals surface area contributed by atoms with Crippen molar-refractivity contribution in [3.8, 4) is 0 Å². The third-order valence-corrected chi connectivity index (χ3v) is 4.96. The first-order valence-corrected chi connectivity index (χ1v) is 9.51. The number of amides is 1. The lowest BCUT2D eigenvalue weighted by molar-refractivity contribution is -0.116. The lowest BCUT2D eigenvalue weighted by atomic mass is 10.4. The van der Waals surface area contributed by atoms with Crippen molar-refractivity contribution in [3.63, 3.8) is 0 Å². The van der Waals surface area contributed by atoms with Gasteiger partial charge >= 0.3 is 5.69 Å². The Hall–Kier alpha value is -3.21. The first-order chi connectivity index (χ1) is 13.8. The Morgan fingerprint density at radius 3 is 2.62 bits per heavy atom. The first-order valence-electron chi connectivity index (χ1n) is 9.51. The van der Waals surface area contributed by atoms with Crippen molar-refractivity contribution >= 4 is 22.8 Å². The van der Waals surface area contributed by atoms with Gasteiger partial charge in [-0.1, -0.05) is 13.8 Å². The molecule has 0 aromatic carbocycles. The van der Waals surface area contributed by atoms with E-state index in [1.807, 2.05) is 0 Å². The summed E-state index contributed by atoms with van der Waals surface area (Å²) in [7, 11) is 3.18. The van der Waals surface area contributed by atoms with Crippen LogP contribution in [-0.2, 0) is 32.0 Å². The molecule has 0 spiro atoms. The molecule has 0 saturated heterocycles. The quantitative estimate of drug-likeness (QED) is 0.549. The van der Waals surface area contributed by atoms with Crippen LogP contribution in [0.3, 0.4) is 0 Å². The van der Waals surface area contributed by atoms with Gasteiger partial charge in [0, 0.05) is 26.8 Å². The molecule has 11 heteroatoms. The van der Waals surface area contributed by atoms with Gasteiger partial charge in [0.1, 0.15) is 6.54 Å². The van der Waals surface area contributed by atoms with E-state index in [9.17, 15) is 14.4 Å². The van der Waals surface area contributed by atoms with Gasteiger partial charge in [-0.05, 0) is 13.1 Å². The number of carbonyl (C=O) groups is 1. The number of nitrogens with one attached hydrogen (secondary N) is 1. The average molecular weight is 402 g/mol. The van der Waals surface area contributed by atoms with Crippen LogP contribution in [0.25, 0.3) is 11.2 Å². The fraction of sp³-hybridized carbons (Fsp3) is 0.500. The number of fused-ring (bicyclic) bond motifs is 1. The fourth-order valence-corrected chi connectivity index (χ4v) is 3.21. The van der Waals surface area contributed by atoms with Gasteiger partial charge in [0.2, 0.25) is 5.91 Å². The Balaban J connectivity index is 1.73. The summed E-state index contributed by atoms with van der Waals surface area (Å²) in [5.74, 6) is -0.478. The van der Waals surface area contributed by atoms with Crippen molar-refractivity contribution < 1.29 is 4.79 Å². The third-order valence-electron chi connectivity index (χ3n) is 4.96. The second-order valence-corrected chi connectivity index (χ2v) is 6.83. The molecule has 156 valence electrons. The van der Waals surface area contributed by atoms with E-state index in [0.717, 1.165) is 24.2 Å². The average Bonchev–Trinajstić information content (AvgIpc) is 3.31. The van der Waals surface area contributed by atoms with Gasteiger partial charge in [-0.3, -0.25) is 18.8 Å². The summed E-state index contributed by atoms with van der Waals surface area (Å²) in [5, 5.41) is 6.93. The minimum atomic E-state index is -0.591. The minimum Gasteiger partial charge on any atom is -0.328 e. The largest absolute Gasteiger partial charge is 0.332 e. The number of hydrogen-bond donors (Lipinski definition) is 1. The number of rotatable bonds is 8. The van der Waals surface area contributed by atoms with Gasteiger partial charge in [-0.25, -0.2) is 14.3 Å². The SMILES string of the molecule is CCN(CC)CCn1cc(NC(=O)Cn2c(=O)c3c(ncn3C)n(C)c2=O)cn1. The summed E-state index contributed by atoms with van der Waals surface area (Å²) in [6.07, 6.45) is 4.74. The lowest BCUT2D eigenvalue weighted by Crippen LogP contribution is -2.42. The molecule has 0 radical (unpaired) electrons. The molecule has 1 N–H and O–H groups in total. The van der Waals surface area contributed by atoms with Crippen LogP contribution in [0.2, 0.25) is 0 Å². The van der Waals surface area contributed by atoms with Crippen LogP contribution in [-0.4, -0.2) is 58.9 Å². The van der Waals surface area contributed by atoms with Crippen molar-refractivity contribution in [1.29, 1.82) is 0 Å². The molecule has 0 saturated carbocycles. The number of carbonyl (C=O) groups excluding carboxylic acids is 1. The zero-order chi connectivity index (χ0) is 21.1. The van der Waals surface area contributed by atoms with Crippen molar-refractivity contribution in [3.05, 3.63) is 39.6 Å². The molecule has 3 heterocycles. The van der Waals surface area contributed by atoms with Crippen molar-refractivity contribution in [1.82, 2.24) is 33.4 Å². The molecule has 3 aromatic rings. The molecule has 3 rings (SSSR count). The Kier molecular flexibility index (Phi) is 5.97. The normalized spacial score (nSPS) is 11.5. The van der Waals surface area contributed by atoms with Crippen LogP contribution in [0.1, 0.15) is 13.8 Å². The molecule has 3 aromatic heterocycles. The molecule has 1 amide bonds. The maximum absolute atomic E-state index is 12.7. The highest BCUT2D eigenvalue weighted by Crippen LogP contribution is 2.06. The van der Waals surface area contributed by atoms with Crippen molar-refractivity contribution in [2.45, 2.75) is 26.9 Å². The second kappa shape index (κ2) is 8.43. The molecule has 29 heavy (non-hydrogen) atoms. The zero-order valence-corrected chi connectivity index (χ0v) is 17.1. The molecular formula is C18H26N8O3. The first kappa shape index (κ1) is 20.5. The standard InChI is InChI=1S/C18H26N8O3/c1-5-24(6-2)7-8-25-10-13(9-20-25)21-14(27)11-26-17(28)15-16(19-12-22(15)3)23(4)18(26)29/h9-10,12H,5-8,11H2,1-4H3,(H,21,27). The summed E-state index contributed by atoms with van der Waals surface area (Å²) in [6, 6.07) is 0. The molecule has 11 nitrogen and oxygen atoms in total. The number of nitrogens with zero attached hydrogens (tertiary/aromatic N) is 7. The van der Waals surface area contributed by atoms with Crippen LogP contribution < -0.4 is 16.6 Å². The van der Waals surface area contributed by atoms with E-state index in [1.54, 1.807) is 24.1 Å². The van der Waals surface area contributed by atoms with E-state index in [-0.39, 0.29) is 11.2 Å². The smallest absolute Gasteiger partial charge is 0.328 e. The van der Waals surface area contributed by atoms with Crippen LogP contribution in [0.4, 0.5) is 5.69 Å². The minimum absolute atomic E-state index is 0.268. The highest BCUT2D eigenvalue weighted by molar-refractivity contribution is 5.90. The van der Waals surface area contributed by atoms with E-state index < -0.39 is 23.7 Å². The highest BCUT2D eigenvalue weighted by atomic mass is 16.2. The van der Waals surface area contributed by atoms with E-state index in [1.165, 1.54) is 22.5 Å². The molecule has 0 aliphatic heterocycles. The molecular weight excluding hydrogens is 376 g/mol. The topological polar surface area (TPSA) is 112 Å². The lowest BCUT2D eigenvalue weighted by Gasteiger charge is -2.17. The number of anilines is 1. The summed E-state index contributed by atoms with van der Waals surface area (Å²) >= 11 is 0. The Morgan fingerprint density at radius 1 is 1.21 bits per heavy atom. The van der Waals surface area contributed by atoms with E-state index in [0.29, 0.717) is 12.2 Å². The van der Waals surface area contributed by atoms with Crippen molar-refractivity contribution in [2.75, 3.05) is 25.0 Å².